The second-order valence-corrected chi connectivity index (χ2v) is 3.45. The van der Waals surface area contributed by atoms with E-state index in [1.807, 2.05) is 0 Å². The Hall–Kier alpha value is -0.220. The summed E-state index contributed by atoms with van der Waals surface area (Å²) in [4.78, 5) is 3.75. The number of hydrogen-bond donors (Lipinski definition) is 0. The number of rotatable bonds is 1. The lowest BCUT2D eigenvalue weighted by molar-refractivity contribution is 0.150. The fourth-order valence-corrected chi connectivity index (χ4v) is 1.40. The molecule has 0 aromatic carbocycles. The number of nitrogens with zero attached hydrogens (tertiary/aromatic N) is 1. The molecule has 0 aliphatic rings. The number of pyridine rings is 1. The maximum Gasteiger partial charge on any atom is 0.267 e. The van der Waals surface area contributed by atoms with Crippen LogP contribution in [0.1, 0.15) is 17.7 Å². The molecule has 5 heteroatoms. The molecule has 1 nitrogen and oxygen atoms in total. The van der Waals surface area contributed by atoms with Crippen molar-refractivity contribution >= 4 is 27.5 Å². The second kappa shape index (κ2) is 3.66. The van der Waals surface area contributed by atoms with Crippen molar-refractivity contribution in [1.82, 2.24) is 4.98 Å². The van der Waals surface area contributed by atoms with Crippen LogP contribution in [0, 0.1) is 6.92 Å². The number of aryl methyl sites for hydroxylation is 1. The van der Waals surface area contributed by atoms with E-state index in [9.17, 15) is 8.78 Å². The number of hydrogen-bond acceptors (Lipinski definition) is 1. The molecule has 0 aliphatic carbocycles. The Kier molecular flexibility index (Phi) is 3.01. The van der Waals surface area contributed by atoms with Gasteiger partial charge in [0.05, 0.1) is 15.1 Å². The average Bonchev–Trinajstić information content (AvgIpc) is 1.97. The molecule has 0 bridgehead atoms. The Morgan fingerprint density at radius 2 is 2.17 bits per heavy atom. The summed E-state index contributed by atoms with van der Waals surface area (Å²) in [5.74, 6) is 0. The van der Waals surface area contributed by atoms with Crippen LogP contribution in [0.3, 0.4) is 0 Å². The molecule has 1 aromatic rings. The van der Waals surface area contributed by atoms with E-state index in [4.69, 9.17) is 11.6 Å². The van der Waals surface area contributed by atoms with Crippen molar-refractivity contribution in [3.63, 3.8) is 0 Å². The van der Waals surface area contributed by atoms with Gasteiger partial charge in [0.25, 0.3) is 6.43 Å². The third-order valence-corrected chi connectivity index (χ3v) is 2.66. The molecule has 1 aromatic heterocycles. The summed E-state index contributed by atoms with van der Waals surface area (Å²) in [6, 6.07) is 0. The molecule has 0 unspecified atom stereocenters. The van der Waals surface area contributed by atoms with E-state index in [-0.39, 0.29) is 16.3 Å². The van der Waals surface area contributed by atoms with Crippen molar-refractivity contribution in [3.8, 4) is 0 Å². The Morgan fingerprint density at radius 1 is 1.58 bits per heavy atom. The highest BCUT2D eigenvalue weighted by atomic mass is 79.9. The van der Waals surface area contributed by atoms with Gasteiger partial charge in [0.15, 0.2) is 0 Å². The highest BCUT2D eigenvalue weighted by Crippen LogP contribution is 2.33. The van der Waals surface area contributed by atoms with Gasteiger partial charge in [-0.15, -0.1) is 0 Å². The molecule has 0 fully saturated rings. The Labute approximate surface area is 81.9 Å². The fourth-order valence-electron chi connectivity index (χ4n) is 0.821. The van der Waals surface area contributed by atoms with Crippen LogP contribution in [0.4, 0.5) is 8.78 Å². The van der Waals surface area contributed by atoms with Crippen molar-refractivity contribution in [1.29, 1.82) is 0 Å². The topological polar surface area (TPSA) is 12.9 Å². The SMILES string of the molecule is Cc1ncc(Br)c(Cl)c1C(F)F. The number of aromatic nitrogens is 1. The minimum Gasteiger partial charge on any atom is -0.260 e. The summed E-state index contributed by atoms with van der Waals surface area (Å²) in [6.07, 6.45) is -1.17. The first-order valence-electron chi connectivity index (χ1n) is 3.12. The first-order chi connectivity index (χ1) is 5.54. The highest BCUT2D eigenvalue weighted by molar-refractivity contribution is 9.10. The van der Waals surface area contributed by atoms with Gasteiger partial charge in [-0.1, -0.05) is 11.6 Å². The van der Waals surface area contributed by atoms with Crippen LogP contribution in [0.25, 0.3) is 0 Å². The maximum atomic E-state index is 12.3. The minimum atomic E-state index is -2.58. The number of alkyl halides is 2. The van der Waals surface area contributed by atoms with Gasteiger partial charge in [-0.05, 0) is 22.9 Å². The lowest BCUT2D eigenvalue weighted by atomic mass is 10.2. The van der Waals surface area contributed by atoms with Crippen LogP contribution in [0.15, 0.2) is 10.7 Å². The summed E-state index contributed by atoms with van der Waals surface area (Å²) in [5, 5.41) is 0.0394. The molecule has 0 atom stereocenters. The molecule has 1 rings (SSSR count). The fraction of sp³-hybridized carbons (Fsp3) is 0.286. The van der Waals surface area contributed by atoms with Crippen LogP contribution in [0.2, 0.25) is 5.02 Å². The minimum absolute atomic E-state index is 0.0394. The molecule has 0 N–H and O–H groups in total. The zero-order valence-corrected chi connectivity index (χ0v) is 8.46. The highest BCUT2D eigenvalue weighted by Gasteiger charge is 2.17. The first-order valence-corrected chi connectivity index (χ1v) is 4.29. The van der Waals surface area contributed by atoms with E-state index in [1.165, 1.54) is 13.1 Å². The molecule has 0 amide bonds. The van der Waals surface area contributed by atoms with Crippen molar-refractivity contribution < 1.29 is 8.78 Å². The predicted molar refractivity (Wildman–Crippen MR) is 46.6 cm³/mol. The summed E-state index contributed by atoms with van der Waals surface area (Å²) in [7, 11) is 0. The third kappa shape index (κ3) is 1.75. The second-order valence-electron chi connectivity index (χ2n) is 2.22. The lowest BCUT2D eigenvalue weighted by Gasteiger charge is -2.06. The van der Waals surface area contributed by atoms with Gasteiger partial charge in [0.2, 0.25) is 0 Å². The van der Waals surface area contributed by atoms with Crippen molar-refractivity contribution in [3.05, 3.63) is 26.9 Å². The smallest absolute Gasteiger partial charge is 0.260 e. The van der Waals surface area contributed by atoms with Gasteiger partial charge in [-0.25, -0.2) is 8.78 Å². The molecule has 66 valence electrons. The van der Waals surface area contributed by atoms with E-state index >= 15 is 0 Å². The Bertz CT molecular complexity index is 304. The van der Waals surface area contributed by atoms with Crippen LogP contribution in [-0.2, 0) is 0 Å². The predicted octanol–water partition coefficient (Wildman–Crippen LogP) is 3.74. The summed E-state index contributed by atoms with van der Waals surface area (Å²) in [5.41, 5.74) is 0.0595. The molecule has 12 heavy (non-hydrogen) atoms. The van der Waals surface area contributed by atoms with Crippen molar-refractivity contribution in [2.45, 2.75) is 13.3 Å². The molecule has 0 aliphatic heterocycles. The quantitative estimate of drug-likeness (QED) is 0.746. The molecule has 0 radical (unpaired) electrons. The molecule has 0 spiro atoms. The monoisotopic (exact) mass is 255 g/mol. The van der Waals surface area contributed by atoms with Gasteiger partial charge < -0.3 is 0 Å². The lowest BCUT2D eigenvalue weighted by Crippen LogP contribution is -1.94. The molecular formula is C7H5BrClF2N. The van der Waals surface area contributed by atoms with Crippen LogP contribution < -0.4 is 0 Å². The van der Waals surface area contributed by atoms with E-state index in [1.54, 1.807) is 0 Å². The molecular weight excluding hydrogens is 251 g/mol. The number of halogens is 4. The van der Waals surface area contributed by atoms with Crippen LogP contribution in [-0.4, -0.2) is 4.98 Å². The molecule has 1 heterocycles. The largest absolute Gasteiger partial charge is 0.267 e. The molecule has 0 saturated heterocycles. The van der Waals surface area contributed by atoms with Crippen molar-refractivity contribution in [2.75, 3.05) is 0 Å². The standard InChI is InChI=1S/C7H5BrClF2N/c1-3-5(7(10)11)6(9)4(8)2-12-3/h2,7H,1H3. The summed E-state index contributed by atoms with van der Waals surface area (Å²) >= 11 is 8.65. The van der Waals surface area contributed by atoms with Crippen LogP contribution >= 0.6 is 27.5 Å². The summed E-state index contributed by atoms with van der Waals surface area (Å²) < 4.78 is 25.0. The van der Waals surface area contributed by atoms with E-state index < -0.39 is 6.43 Å². The van der Waals surface area contributed by atoms with Gasteiger partial charge >= 0.3 is 0 Å². The van der Waals surface area contributed by atoms with Gasteiger partial charge in [-0.3, -0.25) is 4.98 Å². The normalized spacial score (nSPS) is 10.8. The zero-order chi connectivity index (χ0) is 9.30. The summed E-state index contributed by atoms with van der Waals surface area (Å²) in [6.45, 7) is 1.50. The maximum absolute atomic E-state index is 12.3. The van der Waals surface area contributed by atoms with Crippen molar-refractivity contribution in [2.24, 2.45) is 0 Å². The van der Waals surface area contributed by atoms with E-state index in [2.05, 4.69) is 20.9 Å². The Balaban J connectivity index is 3.33. The molecule has 0 saturated carbocycles. The van der Waals surface area contributed by atoms with E-state index in [0.717, 1.165) is 0 Å². The Morgan fingerprint density at radius 3 is 2.58 bits per heavy atom. The van der Waals surface area contributed by atoms with Gasteiger partial charge in [0, 0.05) is 11.9 Å². The van der Waals surface area contributed by atoms with Gasteiger partial charge in [0.1, 0.15) is 0 Å². The average molecular weight is 256 g/mol. The first kappa shape index (κ1) is 9.86. The van der Waals surface area contributed by atoms with Gasteiger partial charge in [-0.2, -0.15) is 0 Å². The van der Waals surface area contributed by atoms with Crippen LogP contribution in [0.5, 0.6) is 0 Å². The van der Waals surface area contributed by atoms with E-state index in [0.29, 0.717) is 4.47 Å². The third-order valence-electron chi connectivity index (χ3n) is 1.43. The zero-order valence-electron chi connectivity index (χ0n) is 6.11.